The second kappa shape index (κ2) is 6.94. The Balaban J connectivity index is 1.43. The molecule has 1 amide bonds. The lowest BCUT2D eigenvalue weighted by Gasteiger charge is -2.20. The molecule has 0 aliphatic carbocycles. The molecule has 1 atom stereocenters. The monoisotopic (exact) mass is 387 g/mol. The minimum Gasteiger partial charge on any atom is -0.345 e. The molecule has 3 heterocycles. The Kier molecular flexibility index (Phi) is 4.14. The number of imidazole rings is 2. The minimum absolute atomic E-state index is 0.0655. The van der Waals surface area contributed by atoms with Crippen LogP contribution in [0.3, 0.4) is 0 Å². The van der Waals surface area contributed by atoms with Crippen molar-refractivity contribution in [2.45, 2.75) is 12.5 Å². The quantitative estimate of drug-likeness (QED) is 0.483. The van der Waals surface area contributed by atoms with Gasteiger partial charge in [0.05, 0.1) is 35.5 Å². The number of amides is 1. The first-order valence-corrected chi connectivity index (χ1v) is 9.83. The fraction of sp³-hybridized carbons (Fsp3) is 0.0952. The highest BCUT2D eigenvalue weighted by atomic mass is 32.1. The van der Waals surface area contributed by atoms with Gasteiger partial charge in [-0.2, -0.15) is 0 Å². The first-order chi connectivity index (χ1) is 13.8. The van der Waals surface area contributed by atoms with Gasteiger partial charge < -0.3 is 10.3 Å². The van der Waals surface area contributed by atoms with E-state index in [0.717, 1.165) is 32.8 Å². The van der Waals surface area contributed by atoms with Gasteiger partial charge in [-0.25, -0.2) is 9.97 Å². The van der Waals surface area contributed by atoms with Crippen molar-refractivity contribution < 1.29 is 4.79 Å². The van der Waals surface area contributed by atoms with E-state index in [1.54, 1.807) is 17.7 Å². The Hall–Kier alpha value is -3.45. The molecule has 6 nitrogen and oxygen atoms in total. The van der Waals surface area contributed by atoms with E-state index in [4.69, 9.17) is 0 Å². The fourth-order valence-electron chi connectivity index (χ4n) is 3.38. The first-order valence-electron chi connectivity index (χ1n) is 8.95. The van der Waals surface area contributed by atoms with Crippen LogP contribution >= 0.6 is 11.3 Å². The van der Waals surface area contributed by atoms with E-state index in [0.29, 0.717) is 0 Å². The van der Waals surface area contributed by atoms with Crippen molar-refractivity contribution in [1.82, 2.24) is 24.7 Å². The molecule has 3 aromatic heterocycles. The van der Waals surface area contributed by atoms with Gasteiger partial charge in [0.2, 0.25) is 5.91 Å². The summed E-state index contributed by atoms with van der Waals surface area (Å²) in [4.78, 5) is 25.6. The first kappa shape index (κ1) is 16.7. The smallest absolute Gasteiger partial charge is 0.226 e. The SMILES string of the molecule is O=C(Cc1cn2ccsc2n1)NC(c1ccccc1)c1ccc2nc[nH]c2c1. The molecular formula is C21H17N5OS. The highest BCUT2D eigenvalue weighted by molar-refractivity contribution is 7.15. The average molecular weight is 387 g/mol. The summed E-state index contributed by atoms with van der Waals surface area (Å²) < 4.78 is 1.94. The van der Waals surface area contributed by atoms with Crippen LogP contribution in [0.4, 0.5) is 0 Å². The van der Waals surface area contributed by atoms with Crippen molar-refractivity contribution >= 4 is 33.2 Å². The largest absolute Gasteiger partial charge is 0.345 e. The van der Waals surface area contributed by atoms with Gasteiger partial charge in [-0.3, -0.25) is 9.20 Å². The van der Waals surface area contributed by atoms with Crippen LogP contribution in [-0.2, 0) is 11.2 Å². The molecule has 0 spiro atoms. The Morgan fingerprint density at radius 2 is 2.07 bits per heavy atom. The van der Waals surface area contributed by atoms with Gasteiger partial charge in [0.25, 0.3) is 0 Å². The van der Waals surface area contributed by atoms with Crippen molar-refractivity contribution in [1.29, 1.82) is 0 Å². The van der Waals surface area contributed by atoms with Crippen LogP contribution in [0.1, 0.15) is 22.9 Å². The molecule has 0 saturated heterocycles. The lowest BCUT2D eigenvalue weighted by atomic mass is 9.98. The molecule has 0 saturated carbocycles. The Morgan fingerprint density at radius 3 is 2.93 bits per heavy atom. The molecule has 2 N–H and O–H groups in total. The summed E-state index contributed by atoms with van der Waals surface area (Å²) in [7, 11) is 0. The van der Waals surface area contributed by atoms with Crippen LogP contribution in [0.5, 0.6) is 0 Å². The second-order valence-electron chi connectivity index (χ2n) is 6.59. The highest BCUT2D eigenvalue weighted by Crippen LogP contribution is 2.25. The Bertz CT molecular complexity index is 1230. The van der Waals surface area contributed by atoms with Crippen LogP contribution in [-0.4, -0.2) is 25.3 Å². The van der Waals surface area contributed by atoms with E-state index in [-0.39, 0.29) is 18.4 Å². The normalized spacial score (nSPS) is 12.4. The summed E-state index contributed by atoms with van der Waals surface area (Å²) in [5, 5.41) is 5.15. The summed E-state index contributed by atoms with van der Waals surface area (Å²) in [6.07, 6.45) is 5.76. The molecule has 0 fully saturated rings. The van der Waals surface area contributed by atoms with Gasteiger partial charge in [0, 0.05) is 17.8 Å². The number of hydrogen-bond donors (Lipinski definition) is 2. The number of fused-ring (bicyclic) bond motifs is 2. The Labute approximate surface area is 164 Å². The predicted molar refractivity (Wildman–Crippen MR) is 109 cm³/mol. The molecule has 0 aliphatic heterocycles. The molecule has 28 heavy (non-hydrogen) atoms. The molecule has 0 bridgehead atoms. The number of aromatic amines is 1. The van der Waals surface area contributed by atoms with Crippen LogP contribution in [0.15, 0.2) is 72.6 Å². The van der Waals surface area contributed by atoms with E-state index in [9.17, 15) is 4.79 Å². The van der Waals surface area contributed by atoms with Gasteiger partial charge >= 0.3 is 0 Å². The zero-order chi connectivity index (χ0) is 18.9. The molecular weight excluding hydrogens is 370 g/mol. The molecule has 0 aliphatic rings. The average Bonchev–Trinajstić information content (AvgIpc) is 3.42. The maximum absolute atomic E-state index is 12.8. The molecule has 2 aromatic carbocycles. The molecule has 5 aromatic rings. The van der Waals surface area contributed by atoms with Crippen molar-refractivity contribution in [2.75, 3.05) is 0 Å². The van der Waals surface area contributed by atoms with Gasteiger partial charge in [0.1, 0.15) is 0 Å². The van der Waals surface area contributed by atoms with Gasteiger partial charge in [-0.05, 0) is 23.3 Å². The number of nitrogens with zero attached hydrogens (tertiary/aromatic N) is 3. The third-order valence-corrected chi connectivity index (χ3v) is 5.47. The number of benzene rings is 2. The summed E-state index contributed by atoms with van der Waals surface area (Å²) in [6.45, 7) is 0. The van der Waals surface area contributed by atoms with Crippen molar-refractivity contribution in [3.63, 3.8) is 0 Å². The molecule has 7 heteroatoms. The lowest BCUT2D eigenvalue weighted by Crippen LogP contribution is -2.30. The highest BCUT2D eigenvalue weighted by Gasteiger charge is 2.18. The van der Waals surface area contributed by atoms with Crippen molar-refractivity contribution in [2.24, 2.45) is 0 Å². The molecule has 5 rings (SSSR count). The van der Waals surface area contributed by atoms with Crippen LogP contribution in [0.2, 0.25) is 0 Å². The number of rotatable bonds is 5. The predicted octanol–water partition coefficient (Wildman–Crippen LogP) is 3.72. The topological polar surface area (TPSA) is 75.1 Å². The van der Waals surface area contributed by atoms with E-state index in [1.165, 1.54) is 0 Å². The number of hydrogen-bond acceptors (Lipinski definition) is 4. The minimum atomic E-state index is -0.245. The fourth-order valence-corrected chi connectivity index (χ4v) is 4.09. The van der Waals surface area contributed by atoms with E-state index in [1.807, 2.05) is 70.7 Å². The van der Waals surface area contributed by atoms with Crippen molar-refractivity contribution in [3.05, 3.63) is 89.5 Å². The second-order valence-corrected chi connectivity index (χ2v) is 7.47. The number of carbonyl (C=O) groups is 1. The summed E-state index contributed by atoms with van der Waals surface area (Å²) in [6, 6.07) is 15.7. The third-order valence-electron chi connectivity index (χ3n) is 4.70. The number of thiazole rings is 1. The number of aromatic nitrogens is 4. The zero-order valence-electron chi connectivity index (χ0n) is 14.9. The third kappa shape index (κ3) is 3.16. The number of nitrogens with one attached hydrogen (secondary N) is 2. The standard InChI is InChI=1S/C21H17N5OS/c27-19(11-16-12-26-8-9-28-21(26)24-16)25-20(14-4-2-1-3-5-14)15-6-7-17-18(10-15)23-13-22-17/h1-10,12-13,20H,11H2,(H,22,23)(H,25,27). The summed E-state index contributed by atoms with van der Waals surface area (Å²) >= 11 is 1.56. The van der Waals surface area contributed by atoms with Crippen molar-refractivity contribution in [3.8, 4) is 0 Å². The van der Waals surface area contributed by atoms with E-state index in [2.05, 4.69) is 20.3 Å². The number of H-pyrrole nitrogens is 1. The van der Waals surface area contributed by atoms with Gasteiger partial charge in [-0.1, -0.05) is 36.4 Å². The number of carbonyl (C=O) groups excluding carboxylic acids is 1. The van der Waals surface area contributed by atoms with Crippen LogP contribution < -0.4 is 5.32 Å². The summed E-state index contributed by atoms with van der Waals surface area (Å²) in [5.41, 5.74) is 4.64. The molecule has 138 valence electrons. The molecule has 0 radical (unpaired) electrons. The van der Waals surface area contributed by atoms with E-state index < -0.39 is 0 Å². The maximum Gasteiger partial charge on any atom is 0.226 e. The Morgan fingerprint density at radius 1 is 1.18 bits per heavy atom. The van der Waals surface area contributed by atoms with Crippen LogP contribution in [0, 0.1) is 0 Å². The van der Waals surface area contributed by atoms with Gasteiger partial charge in [0.15, 0.2) is 4.96 Å². The zero-order valence-corrected chi connectivity index (χ0v) is 15.7. The molecule has 1 unspecified atom stereocenters. The maximum atomic E-state index is 12.8. The van der Waals surface area contributed by atoms with Gasteiger partial charge in [-0.15, -0.1) is 11.3 Å². The van der Waals surface area contributed by atoms with Crippen LogP contribution in [0.25, 0.3) is 16.0 Å². The summed E-state index contributed by atoms with van der Waals surface area (Å²) in [5.74, 6) is -0.0655. The lowest BCUT2D eigenvalue weighted by molar-refractivity contribution is -0.121. The van der Waals surface area contributed by atoms with E-state index >= 15 is 0 Å².